The Bertz CT molecular complexity index is 5760. The zero-order chi connectivity index (χ0) is 73.2. The zero-order valence-electron chi connectivity index (χ0n) is 59.5. The number of ether oxygens (including phenoxy) is 2. The molecule has 0 saturated carbocycles. The summed E-state index contributed by atoms with van der Waals surface area (Å²) in [6.45, 7) is 7.87. The van der Waals surface area contributed by atoms with E-state index in [2.05, 4.69) is 290 Å². The topological polar surface area (TPSA) is 24.9 Å². The third-order valence-corrected chi connectivity index (χ3v) is 27.4. The second kappa shape index (κ2) is 27.0. The number of benzene rings is 16. The van der Waals surface area contributed by atoms with Gasteiger partial charge >= 0.3 is 0 Å². The minimum absolute atomic E-state index is 0.304. The number of hydrogen-bond donors (Lipinski definition) is 0. The van der Waals surface area contributed by atoms with Crippen LogP contribution >= 0.6 is 0 Å². The molecule has 0 fully saturated rings. The van der Waals surface area contributed by atoms with Crippen molar-refractivity contribution in [3.63, 3.8) is 0 Å². The van der Waals surface area contributed by atoms with Crippen molar-refractivity contribution >= 4 is 75.1 Å². The van der Waals surface area contributed by atoms with Crippen LogP contribution in [-0.2, 0) is 10.8 Å². The summed E-state index contributed by atoms with van der Waals surface area (Å²) >= 11 is 0. The van der Waals surface area contributed by atoms with Gasteiger partial charge in [-0.1, -0.05) is 268 Å². The normalized spacial score (nSPS) is 15.1. The number of hydrogen-bond acceptors (Lipinski definition) is 4. The molecule has 1 aliphatic heterocycles. The van der Waals surface area contributed by atoms with Gasteiger partial charge in [0.1, 0.15) is 34.6 Å². The molecule has 0 amide bonds. The van der Waals surface area contributed by atoms with Gasteiger partial charge in [0.15, 0.2) is 8.07 Å². The Morgan fingerprint density at radius 3 is 0.908 bits per heavy atom. The quantitative estimate of drug-likeness (QED) is 0.0800. The van der Waals surface area contributed by atoms with E-state index in [1.807, 2.05) is 109 Å². The second-order valence-electron chi connectivity index (χ2n) is 28.1. The predicted octanol–water partition coefficient (Wildman–Crippen LogP) is 23.9. The Morgan fingerprint density at radius 1 is 0.257 bits per heavy atom. The van der Waals surface area contributed by atoms with Crippen LogP contribution in [0.15, 0.2) is 401 Å². The van der Waals surface area contributed by atoms with Gasteiger partial charge in [-0.2, -0.15) is 0 Å². The molecular formula is C102H70F2N2O2Si. The average molecular weight is 1420 g/mol. The van der Waals surface area contributed by atoms with Crippen molar-refractivity contribution in [2.24, 2.45) is 0 Å². The van der Waals surface area contributed by atoms with Gasteiger partial charge < -0.3 is 19.3 Å². The van der Waals surface area contributed by atoms with Gasteiger partial charge in [-0.15, -0.1) is 0 Å². The van der Waals surface area contributed by atoms with E-state index < -0.39 is 18.9 Å². The van der Waals surface area contributed by atoms with Crippen molar-refractivity contribution in [2.75, 3.05) is 9.80 Å². The molecule has 2 aliphatic carbocycles. The molecule has 0 saturated heterocycles. The summed E-state index contributed by atoms with van der Waals surface area (Å²) in [5, 5.41) is 5.16. The summed E-state index contributed by atoms with van der Waals surface area (Å²) in [7, 11) is -3.13. The highest BCUT2D eigenvalue weighted by Crippen LogP contribution is 2.60. The van der Waals surface area contributed by atoms with E-state index in [-0.39, 0.29) is 11.6 Å². The van der Waals surface area contributed by atoms with E-state index in [1.165, 1.54) is 20.7 Å². The molecule has 0 spiro atoms. The van der Waals surface area contributed by atoms with Crippen molar-refractivity contribution in [3.05, 3.63) is 469 Å². The minimum Gasteiger partial charge on any atom is -0.457 e. The molecule has 16 aromatic carbocycles. The molecule has 3 aliphatic rings. The van der Waals surface area contributed by atoms with Crippen LogP contribution in [-0.4, -0.2) is 8.07 Å². The standard InChI is InChI=1S/C102H70F2N2O2Si/c1-3-69-33-53-83(54-34-69)107-85-57-41-73(42-58-85)101(71-37-45-75(103)46-38-71)95-31-19-17-29-89(95)91-61-49-81(67-97(91)101)105(77-21-9-5-10-22-77)79-51-63-99-93(65-79)94-66-80(52-64-100(94)109(99,87-25-13-7-14-26-87)88-27-15-8-16-28-88)106(78-23-11-6-12-24-78)82-50-62-92-90-30-18-20-32-96(90)102(98(92)68-82,72-39-47-76(104)48-40-72)74-43-59-86(60-44-74)108-84-55-35-70(4-2)36-56-84/h3-68H,1-2H2. The van der Waals surface area contributed by atoms with E-state index in [9.17, 15) is 0 Å². The Balaban J connectivity index is 0.798. The summed E-state index contributed by atoms with van der Waals surface area (Å²) in [6, 6.07) is 136. The number of para-hydroxylation sites is 2. The largest absolute Gasteiger partial charge is 0.457 e. The second-order valence-corrected chi connectivity index (χ2v) is 31.9. The number of halogens is 2. The van der Waals surface area contributed by atoms with Gasteiger partial charge in [-0.05, 0) is 255 Å². The van der Waals surface area contributed by atoms with Crippen molar-refractivity contribution in [1.82, 2.24) is 0 Å². The maximum absolute atomic E-state index is 15.4. The highest BCUT2D eigenvalue weighted by Gasteiger charge is 2.51. The fourth-order valence-corrected chi connectivity index (χ4v) is 22.9. The molecule has 0 radical (unpaired) electrons. The summed E-state index contributed by atoms with van der Waals surface area (Å²) in [5.41, 5.74) is 21.1. The lowest BCUT2D eigenvalue weighted by Crippen LogP contribution is -2.72. The van der Waals surface area contributed by atoms with Crippen molar-refractivity contribution in [3.8, 4) is 56.4 Å². The Hall–Kier alpha value is -13.7. The van der Waals surface area contributed by atoms with E-state index >= 15 is 8.78 Å². The molecule has 0 N–H and O–H groups in total. The maximum atomic E-state index is 15.4. The van der Waals surface area contributed by atoms with Gasteiger partial charge in [0, 0.05) is 34.1 Å². The van der Waals surface area contributed by atoms with Crippen LogP contribution in [0, 0.1) is 11.6 Å². The van der Waals surface area contributed by atoms with Crippen LogP contribution in [0.2, 0.25) is 0 Å². The summed E-state index contributed by atoms with van der Waals surface area (Å²) < 4.78 is 43.9. The fourth-order valence-electron chi connectivity index (χ4n) is 17.8. The number of anilines is 6. The van der Waals surface area contributed by atoms with Gasteiger partial charge in [0.25, 0.3) is 0 Å². The van der Waals surface area contributed by atoms with Crippen LogP contribution in [0.3, 0.4) is 0 Å². The van der Waals surface area contributed by atoms with E-state index in [4.69, 9.17) is 9.47 Å². The van der Waals surface area contributed by atoms with E-state index in [0.717, 1.165) is 135 Å². The molecule has 4 nitrogen and oxygen atoms in total. The minimum atomic E-state index is -3.13. The third kappa shape index (κ3) is 10.8. The van der Waals surface area contributed by atoms with Gasteiger partial charge in [0.05, 0.1) is 10.8 Å². The smallest absolute Gasteiger partial charge is 0.180 e. The first-order valence-corrected chi connectivity index (χ1v) is 38.9. The SMILES string of the molecule is C=Cc1ccc(Oc2ccc(C3(c4ccc(F)cc4)c4ccccc4-c4ccc(N(c5ccccc5)c5ccc6c(c5)-c5cc(N(c7ccccc7)c7ccc8c(c7)C(c7ccc(F)cc7)(c7ccc(Oc9ccc(C=C)cc9)cc7)c7ccccc7-8)ccc5[Si]6(c5ccccc5)c5ccccc5)cc43)cc2)cc1. The van der Waals surface area contributed by atoms with Crippen LogP contribution in [0.1, 0.15) is 55.6 Å². The lowest BCUT2D eigenvalue weighted by atomic mass is 9.67. The lowest BCUT2D eigenvalue weighted by molar-refractivity contribution is 0.482. The van der Waals surface area contributed by atoms with Gasteiger partial charge in [-0.25, -0.2) is 8.78 Å². The fraction of sp³-hybridized carbons (Fsp3) is 0.0196. The van der Waals surface area contributed by atoms with E-state index in [1.54, 1.807) is 24.3 Å². The molecule has 0 aromatic heterocycles. The molecule has 16 aromatic rings. The average Bonchev–Trinajstić information content (AvgIpc) is 1.56. The maximum Gasteiger partial charge on any atom is 0.180 e. The first kappa shape index (κ1) is 66.0. The summed E-state index contributed by atoms with van der Waals surface area (Å²) in [5.74, 6) is 2.23. The molecule has 2 atom stereocenters. The predicted molar refractivity (Wildman–Crippen MR) is 446 cm³/mol. The van der Waals surface area contributed by atoms with Gasteiger partial charge in [0.2, 0.25) is 0 Å². The number of fused-ring (bicyclic) bond motifs is 9. The summed E-state index contributed by atoms with van der Waals surface area (Å²) in [6.07, 6.45) is 3.64. The van der Waals surface area contributed by atoms with Crippen LogP contribution in [0.4, 0.5) is 42.9 Å². The molecule has 7 heteroatoms. The first-order valence-electron chi connectivity index (χ1n) is 36.9. The van der Waals surface area contributed by atoms with Crippen molar-refractivity contribution in [1.29, 1.82) is 0 Å². The molecule has 2 unspecified atom stereocenters. The monoisotopic (exact) mass is 1420 g/mol. The van der Waals surface area contributed by atoms with Crippen LogP contribution < -0.4 is 40.0 Å². The molecule has 19 rings (SSSR count). The van der Waals surface area contributed by atoms with E-state index in [0.29, 0.717) is 11.5 Å². The van der Waals surface area contributed by atoms with Crippen molar-refractivity contribution in [2.45, 2.75) is 10.8 Å². The van der Waals surface area contributed by atoms with Crippen molar-refractivity contribution < 1.29 is 18.3 Å². The molecule has 518 valence electrons. The first-order chi connectivity index (χ1) is 53.7. The Labute approximate surface area is 635 Å². The molecule has 1 heterocycles. The third-order valence-electron chi connectivity index (χ3n) is 22.5. The van der Waals surface area contributed by atoms with Crippen LogP contribution in [0.5, 0.6) is 23.0 Å². The number of nitrogens with zero attached hydrogens (tertiary/aromatic N) is 2. The lowest BCUT2D eigenvalue weighted by Gasteiger charge is -2.35. The molecular weight excluding hydrogens is 1350 g/mol. The van der Waals surface area contributed by atoms with Gasteiger partial charge in [-0.3, -0.25) is 0 Å². The summed E-state index contributed by atoms with van der Waals surface area (Å²) in [4.78, 5) is 4.80. The Kier molecular flexibility index (Phi) is 16.4. The number of rotatable bonds is 18. The molecule has 109 heavy (non-hydrogen) atoms. The highest BCUT2D eigenvalue weighted by atomic mass is 28.3. The molecule has 0 bridgehead atoms. The zero-order valence-corrected chi connectivity index (χ0v) is 60.5. The highest BCUT2D eigenvalue weighted by molar-refractivity contribution is 7.22. The van der Waals surface area contributed by atoms with Crippen LogP contribution in [0.25, 0.3) is 45.5 Å². The Morgan fingerprint density at radius 2 is 0.550 bits per heavy atom.